The van der Waals surface area contributed by atoms with E-state index in [9.17, 15) is 0 Å². The molecule has 1 aliphatic heterocycles. The van der Waals surface area contributed by atoms with Crippen LogP contribution in [0.1, 0.15) is 122 Å². The monoisotopic (exact) mass is 697 g/mol. The Balaban J connectivity index is 1.50. The van der Waals surface area contributed by atoms with Crippen molar-refractivity contribution < 1.29 is 0 Å². The van der Waals surface area contributed by atoms with Gasteiger partial charge in [-0.15, -0.1) is 0 Å². The van der Waals surface area contributed by atoms with Gasteiger partial charge in [0.1, 0.15) is 0 Å². The molecule has 0 saturated carbocycles. The van der Waals surface area contributed by atoms with Crippen LogP contribution in [0.2, 0.25) is 0 Å². The summed E-state index contributed by atoms with van der Waals surface area (Å²) in [6.07, 6.45) is 18.8. The lowest BCUT2D eigenvalue weighted by Gasteiger charge is -2.36. The lowest BCUT2D eigenvalue weighted by Crippen LogP contribution is -2.29. The predicted octanol–water partition coefficient (Wildman–Crippen LogP) is 14.8. The van der Waals surface area contributed by atoms with Crippen LogP contribution >= 0.6 is 23.1 Å². The summed E-state index contributed by atoms with van der Waals surface area (Å²) < 4.78 is 0. The molecular weight excluding hydrogens is 641 g/mol. The summed E-state index contributed by atoms with van der Waals surface area (Å²) in [5.74, 6) is 0. The molecule has 0 fully saturated rings. The van der Waals surface area contributed by atoms with Gasteiger partial charge in [-0.05, 0) is 90.2 Å². The second-order valence-electron chi connectivity index (χ2n) is 18.7. The minimum Gasteiger partial charge on any atom is -0.0978 e. The second kappa shape index (κ2) is 13.1. The quantitative estimate of drug-likeness (QED) is 0.246. The molecule has 50 heavy (non-hydrogen) atoms. The molecule has 1 spiro atoms. The molecule has 0 atom stereocenters. The van der Waals surface area contributed by atoms with Crippen LogP contribution in [0.25, 0.3) is 17.2 Å². The molecular formula is C48H57S2+. The highest BCUT2D eigenvalue weighted by molar-refractivity contribution is 8.06. The Kier molecular flexibility index (Phi) is 9.58. The fourth-order valence-electron chi connectivity index (χ4n) is 7.23. The van der Waals surface area contributed by atoms with Gasteiger partial charge in [0, 0.05) is 28.4 Å². The largest absolute Gasteiger partial charge is 0.219 e. The molecule has 0 bridgehead atoms. The average Bonchev–Trinajstić information content (AvgIpc) is 3.29. The number of allylic oxidation sites excluding steroid dienone is 11. The lowest BCUT2D eigenvalue weighted by atomic mass is 9.66. The molecule has 1 aromatic heterocycles. The zero-order chi connectivity index (χ0) is 36.3. The van der Waals surface area contributed by atoms with E-state index >= 15 is 0 Å². The molecule has 0 N–H and O–H groups in total. The van der Waals surface area contributed by atoms with Crippen LogP contribution in [-0.2, 0) is 16.2 Å². The van der Waals surface area contributed by atoms with Crippen LogP contribution < -0.4 is 0 Å². The molecule has 2 heterocycles. The van der Waals surface area contributed by atoms with E-state index in [1.807, 2.05) is 23.1 Å². The van der Waals surface area contributed by atoms with Crippen LogP contribution in [0.4, 0.5) is 0 Å². The van der Waals surface area contributed by atoms with Crippen molar-refractivity contribution in [2.45, 2.75) is 112 Å². The fraction of sp³-hybridized carbons (Fsp3) is 0.396. The summed E-state index contributed by atoms with van der Waals surface area (Å²) in [6.45, 7) is 28.0. The number of fused-ring (bicyclic) bond motifs is 5. The number of rotatable bonds is 3. The molecule has 0 saturated heterocycles. The van der Waals surface area contributed by atoms with Gasteiger partial charge in [0.25, 0.3) is 0 Å². The number of benzene rings is 2. The van der Waals surface area contributed by atoms with Gasteiger partial charge in [0.2, 0.25) is 21.1 Å². The number of hydrogen-bond donors (Lipinski definition) is 0. The number of thioether (sulfide) groups is 1. The highest BCUT2D eigenvalue weighted by Gasteiger charge is 2.45. The Labute approximate surface area is 311 Å². The maximum atomic E-state index is 2.48. The van der Waals surface area contributed by atoms with Crippen molar-refractivity contribution in [1.29, 1.82) is 0 Å². The summed E-state index contributed by atoms with van der Waals surface area (Å²) >= 11 is 3.92. The third kappa shape index (κ3) is 7.54. The fourth-order valence-corrected chi connectivity index (χ4v) is 9.71. The third-order valence-corrected chi connectivity index (χ3v) is 13.9. The Morgan fingerprint density at radius 2 is 1.08 bits per heavy atom. The van der Waals surface area contributed by atoms with Gasteiger partial charge in [-0.3, -0.25) is 0 Å². The van der Waals surface area contributed by atoms with Gasteiger partial charge in [-0.2, -0.15) is 0 Å². The lowest BCUT2D eigenvalue weighted by molar-refractivity contribution is 0.511. The topological polar surface area (TPSA) is 0 Å². The molecule has 3 aromatic rings. The zero-order valence-corrected chi connectivity index (χ0v) is 34.2. The van der Waals surface area contributed by atoms with Crippen molar-refractivity contribution in [2.75, 3.05) is 0 Å². The molecule has 0 unspecified atom stereocenters. The normalized spacial score (nSPS) is 18.6. The van der Waals surface area contributed by atoms with E-state index in [0.29, 0.717) is 0 Å². The minimum absolute atomic E-state index is 0.0981. The third-order valence-electron chi connectivity index (χ3n) is 10.1. The van der Waals surface area contributed by atoms with Gasteiger partial charge in [-0.1, -0.05) is 174 Å². The van der Waals surface area contributed by atoms with Gasteiger partial charge < -0.3 is 0 Å². The van der Waals surface area contributed by atoms with E-state index in [4.69, 9.17) is 0 Å². The van der Waals surface area contributed by atoms with E-state index in [0.717, 1.165) is 12.8 Å². The Morgan fingerprint density at radius 3 is 1.56 bits per heavy atom. The van der Waals surface area contributed by atoms with Crippen LogP contribution in [-0.4, -0.2) is 0 Å². The zero-order valence-electron chi connectivity index (χ0n) is 32.5. The van der Waals surface area contributed by atoms with Crippen molar-refractivity contribution >= 4 is 29.2 Å². The van der Waals surface area contributed by atoms with Crippen molar-refractivity contribution in [3.8, 4) is 11.1 Å². The predicted molar refractivity (Wildman–Crippen MR) is 224 cm³/mol. The standard InChI is InChI=1S/C48H57S2/c1-44(2,3)40-26-32(27-41(49-40)45(4,5)6)21-23-34-25-35(24-22-33-28-42(46(7,8)9)50-43(29-33)47(10,11)12)31-48(30-34)38-19-15-13-17-36(38)37-18-14-16-20-39(37)48/h13-29H,30-31H2,1-12H3/q+1. The van der Waals surface area contributed by atoms with Crippen LogP contribution in [0.3, 0.4) is 0 Å². The van der Waals surface area contributed by atoms with Crippen molar-refractivity contribution in [3.63, 3.8) is 0 Å². The van der Waals surface area contributed by atoms with Crippen molar-refractivity contribution in [2.24, 2.45) is 10.8 Å². The van der Waals surface area contributed by atoms with Crippen molar-refractivity contribution in [3.05, 3.63) is 150 Å². The number of hydrogen-bond acceptors (Lipinski definition) is 1. The molecule has 3 aliphatic rings. The molecule has 0 amide bonds. The second-order valence-corrected chi connectivity index (χ2v) is 20.9. The Bertz CT molecular complexity index is 1880. The van der Waals surface area contributed by atoms with E-state index in [-0.39, 0.29) is 27.1 Å². The van der Waals surface area contributed by atoms with Gasteiger partial charge in [0.05, 0.1) is 0 Å². The maximum Gasteiger partial charge on any atom is 0.219 e. The molecule has 0 radical (unpaired) electrons. The summed E-state index contributed by atoms with van der Waals surface area (Å²) in [5.41, 5.74) is 11.3. The Morgan fingerprint density at radius 1 is 0.580 bits per heavy atom. The van der Waals surface area contributed by atoms with E-state index in [2.05, 4.69) is 186 Å². The minimum atomic E-state index is -0.0981. The first-order chi connectivity index (χ1) is 23.2. The summed E-state index contributed by atoms with van der Waals surface area (Å²) in [4.78, 5) is 5.72. The highest BCUT2D eigenvalue weighted by Crippen LogP contribution is 2.57. The van der Waals surface area contributed by atoms with Crippen LogP contribution in [0.15, 0.2) is 124 Å². The SMILES string of the molecule is CC(C)(C)C1=CC(=C/C=C2C=C(/C=C/c3cc(C(C)(C)C)[s+]c(C(C)(C)C)c3)CC3(C\2)c2ccccc2-c2ccccc23)C=C(C(C)(C)C)S1. The maximum absolute atomic E-state index is 2.48. The molecule has 2 aromatic carbocycles. The molecule has 6 rings (SSSR count). The van der Waals surface area contributed by atoms with E-state index < -0.39 is 0 Å². The summed E-state index contributed by atoms with van der Waals surface area (Å²) in [6, 6.07) is 23.1. The first kappa shape index (κ1) is 36.6. The summed E-state index contributed by atoms with van der Waals surface area (Å²) in [7, 11) is 0. The van der Waals surface area contributed by atoms with E-state index in [1.54, 1.807) is 0 Å². The van der Waals surface area contributed by atoms with Gasteiger partial charge in [-0.25, -0.2) is 0 Å². The van der Waals surface area contributed by atoms with Crippen molar-refractivity contribution in [1.82, 2.24) is 0 Å². The average molecular weight is 698 g/mol. The van der Waals surface area contributed by atoms with Crippen LogP contribution in [0.5, 0.6) is 0 Å². The molecule has 260 valence electrons. The molecule has 0 nitrogen and oxygen atoms in total. The van der Waals surface area contributed by atoms with Gasteiger partial charge >= 0.3 is 0 Å². The molecule has 2 heteroatoms. The first-order valence-electron chi connectivity index (χ1n) is 18.3. The smallest absolute Gasteiger partial charge is 0.0978 e. The first-order valence-corrected chi connectivity index (χ1v) is 20.0. The van der Waals surface area contributed by atoms with Crippen LogP contribution in [0, 0.1) is 10.8 Å². The van der Waals surface area contributed by atoms with E-state index in [1.165, 1.54) is 64.1 Å². The highest BCUT2D eigenvalue weighted by atomic mass is 32.2. The summed E-state index contributed by atoms with van der Waals surface area (Å²) in [5, 5.41) is 0. The molecule has 2 aliphatic carbocycles. The Hall–Kier alpha value is -3.20. The van der Waals surface area contributed by atoms with Gasteiger partial charge in [0.15, 0.2) is 0 Å².